The van der Waals surface area contributed by atoms with Crippen molar-refractivity contribution in [3.63, 3.8) is 0 Å². The number of hydrogen-bond acceptors (Lipinski definition) is 0. The van der Waals surface area contributed by atoms with E-state index in [1.807, 2.05) is 0 Å². The van der Waals surface area contributed by atoms with Crippen molar-refractivity contribution in [1.82, 2.24) is 0 Å². The summed E-state index contributed by atoms with van der Waals surface area (Å²) in [7, 11) is -10.7. The molecule has 0 spiro atoms. The fourth-order valence-electron chi connectivity index (χ4n) is 2.31. The number of rotatable bonds is 0. The van der Waals surface area contributed by atoms with E-state index in [0.717, 1.165) is 11.8 Å². The van der Waals surface area contributed by atoms with Gasteiger partial charge in [-0.05, 0) is 11.8 Å². The number of halogens is 6. The molecular formula is C13H26F6FeP-. The van der Waals surface area contributed by atoms with Gasteiger partial charge in [-0.1, -0.05) is 71.6 Å². The summed E-state index contributed by atoms with van der Waals surface area (Å²) in [4.78, 5) is 0. The minimum absolute atomic E-state index is 0. The van der Waals surface area contributed by atoms with Crippen LogP contribution in [0.4, 0.5) is 25.2 Å². The van der Waals surface area contributed by atoms with Gasteiger partial charge in [-0.2, -0.15) is 0 Å². The molecule has 0 nitrogen and oxygen atoms in total. The Morgan fingerprint density at radius 3 is 0.857 bits per heavy atom. The summed E-state index contributed by atoms with van der Waals surface area (Å²) in [6.07, 6.45) is 13.4. The van der Waals surface area contributed by atoms with Gasteiger partial charge in [0.05, 0.1) is 0 Å². The van der Waals surface area contributed by atoms with Crippen LogP contribution in [0.2, 0.25) is 0 Å². The van der Waals surface area contributed by atoms with Crippen molar-refractivity contribution in [3.05, 3.63) is 0 Å². The summed E-state index contributed by atoms with van der Waals surface area (Å²) in [6, 6.07) is 0. The quantitative estimate of drug-likeness (QED) is 0.225. The molecule has 0 radical (unpaired) electrons. The molecule has 2 aliphatic carbocycles. The van der Waals surface area contributed by atoms with E-state index in [2.05, 4.69) is 13.8 Å². The van der Waals surface area contributed by atoms with Gasteiger partial charge in [0.25, 0.3) is 0 Å². The largest absolute Gasteiger partial charge is 0 e. The van der Waals surface area contributed by atoms with Gasteiger partial charge < -0.3 is 0 Å². The fraction of sp³-hybridized carbons (Fsp3) is 1.00. The molecule has 0 aliphatic heterocycles. The Morgan fingerprint density at radius 1 is 0.571 bits per heavy atom. The van der Waals surface area contributed by atoms with Gasteiger partial charge in [0.1, 0.15) is 0 Å². The van der Waals surface area contributed by atoms with Gasteiger partial charge in [0, 0.05) is 17.1 Å². The Hall–Kier alpha value is 0.529. The summed E-state index contributed by atoms with van der Waals surface area (Å²) in [5.41, 5.74) is 0. The van der Waals surface area contributed by atoms with Crippen LogP contribution in [-0.2, 0) is 17.1 Å². The molecular weight excluding hydrogens is 357 g/mol. The molecule has 0 saturated heterocycles. The second kappa shape index (κ2) is 8.40. The molecule has 0 N–H and O–H groups in total. The van der Waals surface area contributed by atoms with Gasteiger partial charge in [-0.25, -0.2) is 0 Å². The van der Waals surface area contributed by atoms with Crippen molar-refractivity contribution >= 4 is 7.81 Å². The monoisotopic (exact) mass is 383 g/mol. The Kier molecular flexibility index (Phi) is 9.52. The second-order valence-corrected chi connectivity index (χ2v) is 8.01. The van der Waals surface area contributed by atoms with Crippen molar-refractivity contribution in [2.75, 3.05) is 0 Å². The van der Waals surface area contributed by atoms with E-state index >= 15 is 0 Å². The van der Waals surface area contributed by atoms with Gasteiger partial charge >= 0.3 is 33.0 Å². The van der Waals surface area contributed by atoms with Gasteiger partial charge in [0.15, 0.2) is 0 Å². The van der Waals surface area contributed by atoms with Crippen molar-refractivity contribution in [2.45, 2.75) is 71.6 Å². The van der Waals surface area contributed by atoms with E-state index in [-0.39, 0.29) is 17.1 Å². The molecule has 0 amide bonds. The minimum atomic E-state index is -10.7. The normalized spacial score (nSPS) is 28.6. The molecule has 2 rings (SSSR count). The maximum atomic E-state index is 9.87. The zero-order valence-corrected chi connectivity index (χ0v) is 14.6. The molecule has 0 bridgehead atoms. The number of hydrogen-bond donors (Lipinski definition) is 0. The smallest absolute Gasteiger partial charge is 0 e. The van der Waals surface area contributed by atoms with Crippen molar-refractivity contribution < 1.29 is 42.3 Å². The molecule has 0 aromatic rings. The third-order valence-electron chi connectivity index (χ3n) is 3.55. The topological polar surface area (TPSA) is 0 Å². The molecule has 21 heavy (non-hydrogen) atoms. The zero-order valence-electron chi connectivity index (χ0n) is 12.6. The van der Waals surface area contributed by atoms with E-state index in [9.17, 15) is 25.2 Å². The van der Waals surface area contributed by atoms with E-state index in [4.69, 9.17) is 0 Å². The summed E-state index contributed by atoms with van der Waals surface area (Å²) in [6.45, 7) is 4.73. The standard InChI is InChI=1S/C8H16.C5H10.F6P.Fe/c1-7-3-5-8(2)6-4-7;1-2-4-5-3-1;1-7(2,3,4,5)6;/h7-8H,3-6H2,1-2H3;1-5H2;;/q;;-1;. The van der Waals surface area contributed by atoms with Crippen LogP contribution in [0.15, 0.2) is 0 Å². The van der Waals surface area contributed by atoms with Crippen LogP contribution in [0.5, 0.6) is 0 Å². The average Bonchev–Trinajstić information content (AvgIpc) is 2.76. The SMILES string of the molecule is C1CCCC1.CC1CCC(C)CC1.F[P-](F)(F)(F)(F)F.[Fe]. The second-order valence-electron chi connectivity index (χ2n) is 6.09. The molecule has 0 aromatic heterocycles. The van der Waals surface area contributed by atoms with E-state index in [1.165, 1.54) is 57.8 Å². The summed E-state index contributed by atoms with van der Waals surface area (Å²) >= 11 is 0. The maximum absolute atomic E-state index is 10.7. The van der Waals surface area contributed by atoms with E-state index < -0.39 is 7.81 Å². The molecule has 0 unspecified atom stereocenters. The molecule has 2 saturated carbocycles. The predicted octanol–water partition coefficient (Wildman–Crippen LogP) is 8.16. The minimum Gasteiger partial charge on any atom is 0 e. The predicted molar refractivity (Wildman–Crippen MR) is 73.4 cm³/mol. The van der Waals surface area contributed by atoms with Crippen LogP contribution in [0.25, 0.3) is 0 Å². The Morgan fingerprint density at radius 2 is 0.714 bits per heavy atom. The Balaban J connectivity index is 0. The first-order valence-corrected chi connectivity index (χ1v) is 9.33. The molecule has 0 atom stereocenters. The van der Waals surface area contributed by atoms with Gasteiger partial charge in [0.2, 0.25) is 0 Å². The van der Waals surface area contributed by atoms with E-state index in [1.54, 1.807) is 0 Å². The van der Waals surface area contributed by atoms with Crippen molar-refractivity contribution in [3.8, 4) is 0 Å². The maximum Gasteiger partial charge on any atom is 0 e. The van der Waals surface area contributed by atoms with Crippen LogP contribution < -0.4 is 0 Å². The average molecular weight is 383 g/mol. The zero-order chi connectivity index (χ0) is 15.9. The molecule has 8 heteroatoms. The third kappa shape index (κ3) is 29.2. The molecule has 134 valence electrons. The molecule has 2 aliphatic rings. The molecule has 0 aromatic carbocycles. The van der Waals surface area contributed by atoms with Crippen molar-refractivity contribution in [1.29, 1.82) is 0 Å². The van der Waals surface area contributed by atoms with Crippen LogP contribution in [-0.4, -0.2) is 0 Å². The van der Waals surface area contributed by atoms with E-state index in [0.29, 0.717) is 0 Å². The first-order valence-electron chi connectivity index (χ1n) is 7.30. The first kappa shape index (κ1) is 23.8. The Labute approximate surface area is 134 Å². The third-order valence-corrected chi connectivity index (χ3v) is 3.55. The van der Waals surface area contributed by atoms with Crippen LogP contribution in [0.1, 0.15) is 71.6 Å². The van der Waals surface area contributed by atoms with Crippen LogP contribution >= 0.6 is 7.81 Å². The fourth-order valence-corrected chi connectivity index (χ4v) is 2.31. The van der Waals surface area contributed by atoms with Crippen LogP contribution in [0.3, 0.4) is 0 Å². The summed E-state index contributed by atoms with van der Waals surface area (Å²) < 4.78 is 59.2. The van der Waals surface area contributed by atoms with Gasteiger partial charge in [-0.15, -0.1) is 0 Å². The summed E-state index contributed by atoms with van der Waals surface area (Å²) in [5.74, 6) is 2.04. The van der Waals surface area contributed by atoms with Gasteiger partial charge in [-0.3, -0.25) is 0 Å². The molecule has 2 fully saturated rings. The Bertz CT molecular complexity index is 235. The summed E-state index contributed by atoms with van der Waals surface area (Å²) in [5, 5.41) is 0. The van der Waals surface area contributed by atoms with Crippen molar-refractivity contribution in [2.24, 2.45) is 11.8 Å². The molecule has 0 heterocycles. The van der Waals surface area contributed by atoms with Crippen LogP contribution in [0, 0.1) is 11.8 Å². The first-order chi connectivity index (χ1) is 8.74.